The molecule has 0 fully saturated rings. The third-order valence-electron chi connectivity index (χ3n) is 0.165. The Morgan fingerprint density at radius 3 is 2.20 bits per heavy atom. The molecule has 0 saturated carbocycles. The van der Waals surface area contributed by atoms with Crippen molar-refractivity contribution in [2.24, 2.45) is 0 Å². The van der Waals surface area contributed by atoms with Crippen LogP contribution in [0.2, 0.25) is 0 Å². The Bertz CT molecular complexity index is 46.9. The molecule has 0 amide bonds. The van der Waals surface area contributed by atoms with Crippen LogP contribution in [0.25, 0.3) is 0 Å². The first kappa shape index (κ1) is 6.19. The Balaban J connectivity index is 2.92. The quantitative estimate of drug-likeness (QED) is 0.565. The molecule has 0 nitrogen and oxygen atoms in total. The molecule has 0 rings (SSSR count). The summed E-state index contributed by atoms with van der Waals surface area (Å²) in [6.45, 7) is 0. The molecule has 0 unspecified atom stereocenters. The van der Waals surface area contributed by atoms with Gasteiger partial charge in [-0.1, -0.05) is 0 Å². The van der Waals surface area contributed by atoms with Gasteiger partial charge in [0.2, 0.25) is 0 Å². The average Bonchev–Trinajstić information content (AvgIpc) is 1.41. The molecule has 0 spiro atoms. The summed E-state index contributed by atoms with van der Waals surface area (Å²) in [6, 6.07) is 0. The molecule has 5 heavy (non-hydrogen) atoms. The van der Waals surface area contributed by atoms with Gasteiger partial charge in [-0.25, -0.2) is 0 Å². The van der Waals surface area contributed by atoms with Crippen molar-refractivity contribution in [3.8, 4) is 0 Å². The summed E-state index contributed by atoms with van der Waals surface area (Å²) in [5, 5.41) is 0. The SMILES string of the molecule is [Te]=C/C=C\[TeH]. The standard InChI is InChI=1S/C3H4Te2/c4-2-1-3-5/h1-4H/b2-1-. The zero-order valence-corrected chi connectivity index (χ0v) is 7.47. The van der Waals surface area contributed by atoms with E-state index in [9.17, 15) is 0 Å². The topological polar surface area (TPSA) is 0 Å². The monoisotopic (exact) mass is 300 g/mol. The van der Waals surface area contributed by atoms with Crippen LogP contribution >= 0.6 is 0 Å². The van der Waals surface area contributed by atoms with E-state index in [1.54, 1.807) is 22.3 Å². The normalized spacial score (nSPS) is 9.00. The molecular weight excluding hydrogens is 291 g/mol. The molecule has 28 valence electrons. The van der Waals surface area contributed by atoms with Gasteiger partial charge in [-0.2, -0.15) is 0 Å². The van der Waals surface area contributed by atoms with Crippen molar-refractivity contribution in [1.82, 2.24) is 0 Å². The summed E-state index contributed by atoms with van der Waals surface area (Å²) >= 11 is 3.66. The van der Waals surface area contributed by atoms with Crippen LogP contribution in [0, 0.1) is 0 Å². The number of hydrogen-bond donors (Lipinski definition) is 0. The van der Waals surface area contributed by atoms with Crippen molar-refractivity contribution in [1.29, 1.82) is 0 Å². The zero-order valence-electron chi connectivity index (χ0n) is 2.59. The van der Waals surface area contributed by atoms with E-state index in [1.165, 1.54) is 0 Å². The Labute approximate surface area is 57.9 Å². The summed E-state index contributed by atoms with van der Waals surface area (Å²) in [4.78, 5) is 0. The molecule has 0 bridgehead atoms. The van der Waals surface area contributed by atoms with Crippen LogP contribution in [-0.2, 0) is 0 Å². The molecule has 0 aliphatic heterocycles. The summed E-state index contributed by atoms with van der Waals surface area (Å²) in [7, 11) is 0. The van der Waals surface area contributed by atoms with Gasteiger partial charge in [-0.15, -0.1) is 0 Å². The van der Waals surface area contributed by atoms with Gasteiger partial charge in [-0.05, 0) is 0 Å². The summed E-state index contributed by atoms with van der Waals surface area (Å²) < 4.78 is 4.08. The molecule has 0 aliphatic carbocycles. The first-order valence-electron chi connectivity index (χ1n) is 1.16. The Morgan fingerprint density at radius 1 is 1.60 bits per heavy atom. The van der Waals surface area contributed by atoms with Crippen LogP contribution in [0.3, 0.4) is 0 Å². The van der Waals surface area contributed by atoms with Crippen molar-refractivity contribution in [2.75, 3.05) is 0 Å². The number of rotatable bonds is 1. The van der Waals surface area contributed by atoms with Gasteiger partial charge < -0.3 is 0 Å². The second-order valence-corrected chi connectivity index (χ2v) is 2.11. The molecule has 0 N–H and O–H groups in total. The fourth-order valence-electron chi connectivity index (χ4n) is 0.0351. The Kier molecular flexibility index (Phi) is 6.42. The molecule has 0 radical (unpaired) electrons. The third kappa shape index (κ3) is 5.19. The molecular formula is C3H4Te2. The van der Waals surface area contributed by atoms with E-state index in [0.29, 0.717) is 0 Å². The number of hydrogen-bond acceptors (Lipinski definition) is 0. The summed E-state index contributed by atoms with van der Waals surface area (Å²) in [5.41, 5.74) is 0. The molecule has 0 heterocycles. The van der Waals surface area contributed by atoms with Gasteiger partial charge in [-0.3, -0.25) is 0 Å². The molecule has 0 atom stereocenters. The van der Waals surface area contributed by atoms with E-state index in [4.69, 9.17) is 0 Å². The van der Waals surface area contributed by atoms with Gasteiger partial charge in [0, 0.05) is 0 Å². The predicted molar refractivity (Wildman–Crippen MR) is 28.1 cm³/mol. The zero-order chi connectivity index (χ0) is 4.12. The van der Waals surface area contributed by atoms with Gasteiger partial charge in [0.05, 0.1) is 0 Å². The minimum atomic E-state index is 1.71. The van der Waals surface area contributed by atoms with Crippen molar-refractivity contribution in [3.63, 3.8) is 0 Å². The molecule has 0 aliphatic rings. The van der Waals surface area contributed by atoms with Crippen LogP contribution < -0.4 is 0 Å². The van der Waals surface area contributed by atoms with E-state index >= 15 is 0 Å². The minimum absolute atomic E-state index is 1.71. The Morgan fingerprint density at radius 2 is 2.20 bits per heavy atom. The molecule has 0 saturated heterocycles. The predicted octanol–water partition coefficient (Wildman–Crippen LogP) is -0.628. The van der Waals surface area contributed by atoms with Crippen molar-refractivity contribution in [2.45, 2.75) is 0 Å². The molecule has 2 heteroatoms. The molecule has 0 aromatic carbocycles. The van der Waals surface area contributed by atoms with Crippen LogP contribution in [0.4, 0.5) is 0 Å². The first-order valence-corrected chi connectivity index (χ1v) is 3.98. The van der Waals surface area contributed by atoms with E-state index < -0.39 is 0 Å². The van der Waals surface area contributed by atoms with Crippen LogP contribution in [0.15, 0.2) is 10.2 Å². The van der Waals surface area contributed by atoms with Crippen LogP contribution in [0.1, 0.15) is 0 Å². The maximum atomic E-state index is 2.05. The van der Waals surface area contributed by atoms with Gasteiger partial charge in [0.25, 0.3) is 0 Å². The Hall–Kier alpha value is 1.19. The molecule has 0 aromatic rings. The van der Waals surface area contributed by atoms with E-state index in [1.807, 2.05) is 32.0 Å². The van der Waals surface area contributed by atoms with Gasteiger partial charge in [0.15, 0.2) is 0 Å². The second kappa shape index (κ2) is 5.19. The van der Waals surface area contributed by atoms with Crippen molar-refractivity contribution < 1.29 is 0 Å². The molecule has 0 aromatic heterocycles. The average molecular weight is 295 g/mol. The van der Waals surface area contributed by atoms with Crippen LogP contribution in [-0.4, -0.2) is 48.2 Å². The summed E-state index contributed by atoms with van der Waals surface area (Å²) in [5.74, 6) is 0. The maximum absolute atomic E-state index is 2.05. The van der Waals surface area contributed by atoms with Gasteiger partial charge >= 0.3 is 58.4 Å². The fraction of sp³-hybridized carbons (Fsp3) is 0. The van der Waals surface area contributed by atoms with E-state index in [0.717, 1.165) is 0 Å². The fourth-order valence-corrected chi connectivity index (χ4v) is 1.58. The van der Waals surface area contributed by atoms with Crippen LogP contribution in [0.5, 0.6) is 0 Å². The third-order valence-corrected chi connectivity index (χ3v) is 1.10. The second-order valence-electron chi connectivity index (χ2n) is 0.478. The summed E-state index contributed by atoms with van der Waals surface area (Å²) in [6.07, 6.45) is 2.03. The van der Waals surface area contributed by atoms with E-state index in [-0.39, 0.29) is 0 Å². The first-order chi connectivity index (χ1) is 2.41. The van der Waals surface area contributed by atoms with Gasteiger partial charge in [0.1, 0.15) is 0 Å². The van der Waals surface area contributed by atoms with E-state index in [2.05, 4.69) is 4.12 Å². The van der Waals surface area contributed by atoms with Crippen molar-refractivity contribution >= 4 is 48.2 Å². The van der Waals surface area contributed by atoms with Crippen molar-refractivity contribution in [3.05, 3.63) is 10.2 Å². The number of allylic oxidation sites excluding steroid dienone is 1.